The quantitative estimate of drug-likeness (QED) is 0.270. The number of ether oxygens (including phenoxy) is 1. The van der Waals surface area contributed by atoms with Crippen molar-refractivity contribution in [2.45, 2.75) is 19.1 Å². The molecule has 0 radical (unpaired) electrons. The molecule has 0 spiro atoms. The number of hydrogen-bond acceptors (Lipinski definition) is 7. The van der Waals surface area contributed by atoms with Gasteiger partial charge in [-0.2, -0.15) is 18.3 Å². The van der Waals surface area contributed by atoms with E-state index in [4.69, 9.17) is 4.74 Å². The fourth-order valence-electron chi connectivity index (χ4n) is 6.46. The predicted octanol–water partition coefficient (Wildman–Crippen LogP) is 4.39. The number of imidazole rings is 1. The van der Waals surface area contributed by atoms with Crippen LogP contribution in [-0.4, -0.2) is 81.4 Å². The van der Waals surface area contributed by atoms with Crippen molar-refractivity contribution in [2.24, 2.45) is 7.05 Å². The summed E-state index contributed by atoms with van der Waals surface area (Å²) in [4.78, 5) is 41.1. The molecule has 2 amide bonds. The second-order valence-electron chi connectivity index (χ2n) is 11.8. The Kier molecular flexibility index (Phi) is 7.37. The van der Waals surface area contributed by atoms with Crippen LogP contribution in [0.4, 0.5) is 24.5 Å². The van der Waals surface area contributed by atoms with Crippen molar-refractivity contribution >= 4 is 34.1 Å². The molecule has 14 heteroatoms. The second-order valence-corrected chi connectivity index (χ2v) is 11.8. The molecule has 0 N–H and O–H groups in total. The average Bonchev–Trinajstić information content (AvgIpc) is 3.71. The van der Waals surface area contributed by atoms with Gasteiger partial charge >= 0.3 is 6.18 Å². The number of methoxy groups -OCH3 is 1. The van der Waals surface area contributed by atoms with Gasteiger partial charge in [0.15, 0.2) is 5.69 Å². The molecule has 0 saturated carbocycles. The summed E-state index contributed by atoms with van der Waals surface area (Å²) in [7, 11) is 4.77. The first-order valence-electron chi connectivity index (χ1n) is 15.0. The molecular weight excluding hydrogens is 613 g/mol. The molecule has 47 heavy (non-hydrogen) atoms. The lowest BCUT2D eigenvalue weighted by molar-refractivity contribution is -0.141. The van der Waals surface area contributed by atoms with Crippen molar-refractivity contribution in [3.63, 3.8) is 0 Å². The average molecular weight is 645 g/mol. The Hall–Kier alpha value is -5.40. The molecule has 5 heterocycles. The van der Waals surface area contributed by atoms with E-state index in [1.165, 1.54) is 13.2 Å². The van der Waals surface area contributed by atoms with Crippen LogP contribution in [0, 0.1) is 0 Å². The molecule has 0 unspecified atom stereocenters. The zero-order chi connectivity index (χ0) is 33.0. The SMILES string of the molecule is COc1cc(N2CCN(C)C(=O)C2)c2nccc(N3CCc4c(cc(Cn5ccnc5)cc4-c4cn(C)nc4C(F)(F)F)C3=O)c2c1. The van der Waals surface area contributed by atoms with E-state index in [-0.39, 0.29) is 30.5 Å². The summed E-state index contributed by atoms with van der Waals surface area (Å²) in [5.74, 6) is 0.180. The monoisotopic (exact) mass is 644 g/mol. The van der Waals surface area contributed by atoms with E-state index in [1.54, 1.807) is 71.6 Å². The molecule has 1 fully saturated rings. The van der Waals surface area contributed by atoms with E-state index < -0.39 is 11.9 Å². The highest BCUT2D eigenvalue weighted by Crippen LogP contribution is 2.42. The third-order valence-corrected chi connectivity index (χ3v) is 8.78. The fraction of sp³-hybridized carbons (Fsp3) is 0.303. The summed E-state index contributed by atoms with van der Waals surface area (Å²) in [6.07, 6.45) is 3.58. The van der Waals surface area contributed by atoms with E-state index in [2.05, 4.69) is 15.1 Å². The van der Waals surface area contributed by atoms with Gasteiger partial charge in [0.1, 0.15) is 5.75 Å². The first-order valence-corrected chi connectivity index (χ1v) is 15.0. The van der Waals surface area contributed by atoms with Crippen LogP contribution in [0.2, 0.25) is 0 Å². The Morgan fingerprint density at radius 1 is 0.957 bits per heavy atom. The van der Waals surface area contributed by atoms with E-state index in [0.29, 0.717) is 76.3 Å². The predicted molar refractivity (Wildman–Crippen MR) is 169 cm³/mol. The Bertz CT molecular complexity index is 2020. The van der Waals surface area contributed by atoms with Crippen LogP contribution in [-0.2, 0) is 31.0 Å². The van der Waals surface area contributed by atoms with Gasteiger partial charge in [-0.3, -0.25) is 19.3 Å². The molecule has 0 bridgehead atoms. The maximum Gasteiger partial charge on any atom is 0.435 e. The minimum absolute atomic E-state index is 0.0178. The second kappa shape index (κ2) is 11.4. The lowest BCUT2D eigenvalue weighted by atomic mass is 9.88. The van der Waals surface area contributed by atoms with Crippen LogP contribution in [0.5, 0.6) is 5.75 Å². The van der Waals surface area contributed by atoms with E-state index in [1.807, 2.05) is 17.0 Å². The Morgan fingerprint density at radius 3 is 2.49 bits per heavy atom. The lowest BCUT2D eigenvalue weighted by Crippen LogP contribution is -2.48. The highest BCUT2D eigenvalue weighted by molar-refractivity contribution is 6.14. The van der Waals surface area contributed by atoms with E-state index in [0.717, 1.165) is 4.68 Å². The number of piperazine rings is 1. The number of nitrogens with zero attached hydrogens (tertiary/aromatic N) is 8. The van der Waals surface area contributed by atoms with Crippen LogP contribution in [0.1, 0.15) is 27.2 Å². The van der Waals surface area contributed by atoms with Crippen molar-refractivity contribution < 1.29 is 27.5 Å². The largest absolute Gasteiger partial charge is 0.497 e. The number of hydrogen-bond donors (Lipinski definition) is 0. The highest BCUT2D eigenvalue weighted by atomic mass is 19.4. The molecule has 11 nitrogen and oxygen atoms in total. The number of fused-ring (bicyclic) bond motifs is 2. The van der Waals surface area contributed by atoms with E-state index >= 15 is 0 Å². The van der Waals surface area contributed by atoms with Gasteiger partial charge in [0, 0.05) is 87.6 Å². The lowest BCUT2D eigenvalue weighted by Gasteiger charge is -2.35. The highest BCUT2D eigenvalue weighted by Gasteiger charge is 2.39. The summed E-state index contributed by atoms with van der Waals surface area (Å²) in [5, 5.41) is 4.39. The maximum atomic E-state index is 14.5. The third-order valence-electron chi connectivity index (χ3n) is 8.78. The number of carbonyl (C=O) groups is 2. The smallest absolute Gasteiger partial charge is 0.435 e. The summed E-state index contributed by atoms with van der Waals surface area (Å²) in [5.41, 5.74) is 2.67. The maximum absolute atomic E-state index is 14.5. The normalized spacial score (nSPS) is 15.5. The molecular formula is C33H31F3N8O3. The molecule has 0 aliphatic carbocycles. The number of likely N-dealkylation sites (N-methyl/N-ethyl adjacent to an activating group) is 1. The Labute approximate surface area is 267 Å². The van der Waals surface area contributed by atoms with Crippen LogP contribution in [0.3, 0.4) is 0 Å². The molecule has 242 valence electrons. The fourth-order valence-corrected chi connectivity index (χ4v) is 6.46. The van der Waals surface area contributed by atoms with Crippen molar-refractivity contribution in [2.75, 3.05) is 50.1 Å². The number of amides is 2. The minimum Gasteiger partial charge on any atom is -0.497 e. The summed E-state index contributed by atoms with van der Waals surface area (Å²) < 4.78 is 51.0. The number of benzene rings is 2. The summed E-state index contributed by atoms with van der Waals surface area (Å²) >= 11 is 0. The summed E-state index contributed by atoms with van der Waals surface area (Å²) in [6, 6.07) is 8.87. The number of halogens is 3. The van der Waals surface area contributed by atoms with Gasteiger partial charge in [0.2, 0.25) is 5.91 Å². The van der Waals surface area contributed by atoms with Crippen LogP contribution < -0.4 is 14.5 Å². The summed E-state index contributed by atoms with van der Waals surface area (Å²) in [6.45, 7) is 1.85. The van der Waals surface area contributed by atoms with Crippen LogP contribution in [0.25, 0.3) is 22.0 Å². The van der Waals surface area contributed by atoms with Crippen molar-refractivity contribution in [3.8, 4) is 16.9 Å². The zero-order valence-corrected chi connectivity index (χ0v) is 26.0. The standard InChI is InChI=1S/C33H31F3N8O3/c1-40-10-11-43(18-29(40)45)28-15-21(47-3)14-25-27(4-6-38-30(25)28)44-8-5-22-23(26-17-41(2)39-31(26)33(34,35)36)12-20(13-24(22)32(44)46)16-42-9-7-37-19-42/h4,6-7,9,12-15,17,19H,5,8,10-11,16,18H2,1-3H3. The molecule has 5 aromatic rings. The number of alkyl halides is 3. The number of aryl methyl sites for hydroxylation is 1. The number of pyridine rings is 1. The number of carbonyl (C=O) groups excluding carboxylic acids is 2. The van der Waals surface area contributed by atoms with Gasteiger partial charge in [-0.1, -0.05) is 0 Å². The molecule has 3 aromatic heterocycles. The van der Waals surface area contributed by atoms with Crippen molar-refractivity contribution in [3.05, 3.63) is 83.8 Å². The Morgan fingerprint density at radius 2 is 1.77 bits per heavy atom. The number of anilines is 2. The van der Waals surface area contributed by atoms with Gasteiger partial charge in [0.05, 0.1) is 36.9 Å². The van der Waals surface area contributed by atoms with Gasteiger partial charge in [0.25, 0.3) is 5.91 Å². The first kappa shape index (κ1) is 30.3. The molecule has 0 atom stereocenters. The Balaban J connectivity index is 1.36. The molecule has 2 aliphatic rings. The zero-order valence-electron chi connectivity index (χ0n) is 26.0. The minimum atomic E-state index is -4.68. The van der Waals surface area contributed by atoms with Gasteiger partial charge < -0.3 is 24.0 Å². The molecule has 1 saturated heterocycles. The first-order chi connectivity index (χ1) is 22.5. The van der Waals surface area contributed by atoms with Crippen LogP contribution >= 0.6 is 0 Å². The van der Waals surface area contributed by atoms with Gasteiger partial charge in [-0.25, -0.2) is 4.98 Å². The van der Waals surface area contributed by atoms with Crippen molar-refractivity contribution in [1.29, 1.82) is 0 Å². The van der Waals surface area contributed by atoms with Crippen molar-refractivity contribution in [1.82, 2.24) is 29.2 Å². The number of aromatic nitrogens is 5. The van der Waals surface area contributed by atoms with Gasteiger partial charge in [-0.05, 0) is 47.4 Å². The third kappa shape index (κ3) is 5.42. The molecule has 2 aliphatic heterocycles. The van der Waals surface area contributed by atoms with E-state index in [9.17, 15) is 22.8 Å². The number of rotatable bonds is 6. The van der Waals surface area contributed by atoms with Gasteiger partial charge in [-0.15, -0.1) is 0 Å². The van der Waals surface area contributed by atoms with Crippen LogP contribution in [0.15, 0.2) is 61.4 Å². The molecule has 7 rings (SSSR count). The topological polar surface area (TPSA) is 102 Å². The molecule has 2 aromatic carbocycles.